The highest BCUT2D eigenvalue weighted by molar-refractivity contribution is 5.83. The number of hydrogen-bond acceptors (Lipinski definition) is 3. The van der Waals surface area contributed by atoms with E-state index in [-0.39, 0.29) is 12.0 Å². The van der Waals surface area contributed by atoms with Gasteiger partial charge in [0, 0.05) is 31.3 Å². The fourth-order valence-corrected chi connectivity index (χ4v) is 7.40. The van der Waals surface area contributed by atoms with E-state index in [2.05, 4.69) is 38.7 Å². The molecule has 34 heavy (non-hydrogen) atoms. The average Bonchev–Trinajstić information content (AvgIpc) is 3.23. The van der Waals surface area contributed by atoms with E-state index in [1.54, 1.807) is 0 Å². The van der Waals surface area contributed by atoms with E-state index in [1.807, 2.05) is 6.08 Å². The van der Waals surface area contributed by atoms with Crippen molar-refractivity contribution < 1.29 is 14.7 Å². The molecule has 1 N–H and O–H groups in total. The van der Waals surface area contributed by atoms with Crippen molar-refractivity contribution in [3.63, 3.8) is 0 Å². The van der Waals surface area contributed by atoms with Gasteiger partial charge in [0.15, 0.2) is 0 Å². The van der Waals surface area contributed by atoms with E-state index in [4.69, 9.17) is 0 Å². The number of carbonyl (C=O) groups excluding carboxylic acids is 2. The number of amides is 1. The number of fused-ring (bicyclic) bond motifs is 2. The average molecular weight is 474 g/mol. The molecule has 1 saturated heterocycles. The molecule has 3 aliphatic rings. The minimum atomic E-state index is -0.371. The number of carbonyl (C=O) groups is 2. The lowest BCUT2D eigenvalue weighted by atomic mass is 9.65. The van der Waals surface area contributed by atoms with Gasteiger partial charge in [-0.25, -0.2) is 0 Å². The Hall–Kier alpha value is -1.16. The van der Waals surface area contributed by atoms with Gasteiger partial charge in [-0.3, -0.25) is 9.59 Å². The molecule has 5 atom stereocenters. The van der Waals surface area contributed by atoms with Gasteiger partial charge in [-0.1, -0.05) is 78.4 Å². The Balaban J connectivity index is 1.33. The molecule has 0 aromatic heterocycles. The zero-order valence-corrected chi connectivity index (χ0v) is 22.5. The summed E-state index contributed by atoms with van der Waals surface area (Å²) in [7, 11) is 0. The topological polar surface area (TPSA) is 57.6 Å². The van der Waals surface area contributed by atoms with Gasteiger partial charge in [0.05, 0.1) is 6.10 Å². The Morgan fingerprint density at radius 1 is 1.12 bits per heavy atom. The molecular weight excluding hydrogens is 422 g/mol. The summed E-state index contributed by atoms with van der Waals surface area (Å²) in [5, 5.41) is 10.2. The Labute approximate surface area is 208 Å². The predicted octanol–water partition coefficient (Wildman–Crippen LogP) is 6.85. The second-order valence-electron chi connectivity index (χ2n) is 12.9. The summed E-state index contributed by atoms with van der Waals surface area (Å²) in [5.74, 6) is 1.20. The second-order valence-corrected chi connectivity index (χ2v) is 12.9. The number of hydrogen-bond donors (Lipinski definition) is 1. The number of ketones is 1. The summed E-state index contributed by atoms with van der Waals surface area (Å²) in [4.78, 5) is 27.6. The Kier molecular flexibility index (Phi) is 9.83. The van der Waals surface area contributed by atoms with Crippen molar-refractivity contribution in [2.24, 2.45) is 22.7 Å². The van der Waals surface area contributed by atoms with Crippen molar-refractivity contribution >= 4 is 11.7 Å². The molecule has 4 nitrogen and oxygen atoms in total. The summed E-state index contributed by atoms with van der Waals surface area (Å²) in [6.45, 7) is 10.2. The van der Waals surface area contributed by atoms with Gasteiger partial charge in [0.1, 0.15) is 5.78 Å². The minimum absolute atomic E-state index is 0.133. The highest BCUT2D eigenvalue weighted by Crippen LogP contribution is 2.52. The van der Waals surface area contributed by atoms with Crippen LogP contribution in [0.2, 0.25) is 0 Å². The maximum Gasteiger partial charge on any atom is 0.222 e. The van der Waals surface area contributed by atoms with E-state index < -0.39 is 0 Å². The monoisotopic (exact) mass is 473 g/mol. The third-order valence-corrected chi connectivity index (χ3v) is 8.73. The molecule has 3 rings (SSSR count). The van der Waals surface area contributed by atoms with Crippen LogP contribution in [0.1, 0.15) is 124 Å². The maximum absolute atomic E-state index is 12.9. The summed E-state index contributed by atoms with van der Waals surface area (Å²) in [5.41, 5.74) is 0.664. The van der Waals surface area contributed by atoms with Crippen LogP contribution in [0, 0.1) is 22.7 Å². The number of nitrogens with zero attached hydrogens (tertiary/aromatic N) is 1. The molecule has 2 bridgehead atoms. The van der Waals surface area contributed by atoms with Gasteiger partial charge < -0.3 is 10.0 Å². The van der Waals surface area contributed by atoms with Crippen LogP contribution in [-0.4, -0.2) is 40.4 Å². The van der Waals surface area contributed by atoms with Crippen LogP contribution in [0.5, 0.6) is 0 Å². The minimum Gasteiger partial charge on any atom is -0.389 e. The van der Waals surface area contributed by atoms with Crippen molar-refractivity contribution in [2.75, 3.05) is 6.54 Å². The van der Waals surface area contributed by atoms with Gasteiger partial charge in [-0.15, -0.1) is 0 Å². The van der Waals surface area contributed by atoms with Crippen molar-refractivity contribution in [3.05, 3.63) is 12.2 Å². The normalized spacial score (nSPS) is 31.5. The van der Waals surface area contributed by atoms with Crippen LogP contribution in [0.25, 0.3) is 0 Å². The number of aliphatic hydroxyl groups excluding tert-OH is 1. The third kappa shape index (κ3) is 7.67. The third-order valence-electron chi connectivity index (χ3n) is 8.73. The number of unbranched alkanes of at least 4 members (excludes halogenated alkanes) is 5. The summed E-state index contributed by atoms with van der Waals surface area (Å²) in [6, 6.07) is 0.449. The molecule has 0 spiro atoms. The first-order valence-electron chi connectivity index (χ1n) is 14.3. The molecule has 2 saturated carbocycles. The van der Waals surface area contributed by atoms with E-state index in [1.165, 1.54) is 19.3 Å². The molecule has 4 heteroatoms. The number of rotatable bonds is 13. The van der Waals surface area contributed by atoms with Crippen LogP contribution in [-0.2, 0) is 9.59 Å². The number of aliphatic hydroxyl groups is 1. The van der Waals surface area contributed by atoms with Gasteiger partial charge in [0.25, 0.3) is 0 Å². The van der Waals surface area contributed by atoms with Gasteiger partial charge >= 0.3 is 0 Å². The standard InChI is InChI=1S/C30H51NO3/c1-5-6-9-12-25(32)17-15-23-16-18-27(33)26(23)13-10-7-8-11-14-28(34)31-22-30(4)20-24(31)19-29(2,3)21-30/h15,17,23-26,32H,5-14,16,18-22H2,1-4H3/b17-15+/t23-,24-,25-,26+,30+/m0/s1. The van der Waals surface area contributed by atoms with Gasteiger partial charge in [-0.05, 0) is 61.7 Å². The van der Waals surface area contributed by atoms with Crippen LogP contribution in [0.4, 0.5) is 0 Å². The smallest absolute Gasteiger partial charge is 0.222 e. The molecular formula is C30H51NO3. The first kappa shape index (κ1) is 27.4. The van der Waals surface area contributed by atoms with Crippen molar-refractivity contribution in [3.8, 4) is 0 Å². The highest BCUT2D eigenvalue weighted by atomic mass is 16.3. The van der Waals surface area contributed by atoms with E-state index in [0.29, 0.717) is 47.3 Å². The first-order chi connectivity index (χ1) is 16.1. The molecule has 0 aromatic rings. The molecule has 194 valence electrons. The number of Topliss-reactive ketones (excluding diaryl/α,β-unsaturated/α-hetero) is 1. The predicted molar refractivity (Wildman–Crippen MR) is 139 cm³/mol. The fraction of sp³-hybridized carbons (Fsp3) is 0.867. The first-order valence-corrected chi connectivity index (χ1v) is 14.3. The lowest BCUT2D eigenvalue weighted by Crippen LogP contribution is -2.37. The quantitative estimate of drug-likeness (QED) is 0.235. The number of allylic oxidation sites excluding steroid dienone is 1. The Morgan fingerprint density at radius 3 is 2.65 bits per heavy atom. The summed E-state index contributed by atoms with van der Waals surface area (Å²) in [6.07, 6.45) is 18.9. The van der Waals surface area contributed by atoms with Crippen molar-refractivity contribution in [1.82, 2.24) is 4.90 Å². The molecule has 1 amide bonds. The second kappa shape index (κ2) is 12.2. The van der Waals surface area contributed by atoms with Crippen molar-refractivity contribution in [2.45, 2.75) is 136 Å². The molecule has 3 fully saturated rings. The summed E-state index contributed by atoms with van der Waals surface area (Å²) >= 11 is 0. The van der Waals surface area contributed by atoms with Crippen molar-refractivity contribution in [1.29, 1.82) is 0 Å². The van der Waals surface area contributed by atoms with E-state index in [0.717, 1.165) is 70.8 Å². The molecule has 0 radical (unpaired) electrons. The zero-order valence-electron chi connectivity index (χ0n) is 22.5. The van der Waals surface area contributed by atoms with Crippen LogP contribution in [0.3, 0.4) is 0 Å². The summed E-state index contributed by atoms with van der Waals surface area (Å²) < 4.78 is 0. The highest BCUT2D eigenvalue weighted by Gasteiger charge is 2.50. The maximum atomic E-state index is 12.9. The van der Waals surface area contributed by atoms with Crippen LogP contribution in [0.15, 0.2) is 12.2 Å². The fourth-order valence-electron chi connectivity index (χ4n) is 7.40. The largest absolute Gasteiger partial charge is 0.389 e. The Bertz CT molecular complexity index is 714. The number of likely N-dealkylation sites (tertiary alicyclic amines) is 1. The Morgan fingerprint density at radius 2 is 1.88 bits per heavy atom. The van der Waals surface area contributed by atoms with E-state index in [9.17, 15) is 14.7 Å². The van der Waals surface area contributed by atoms with Crippen LogP contribution < -0.4 is 0 Å². The van der Waals surface area contributed by atoms with Crippen LogP contribution >= 0.6 is 0 Å². The molecule has 0 unspecified atom stereocenters. The molecule has 1 heterocycles. The zero-order chi connectivity index (χ0) is 24.8. The van der Waals surface area contributed by atoms with Gasteiger partial charge in [0.2, 0.25) is 5.91 Å². The molecule has 2 aliphatic carbocycles. The SMILES string of the molecule is CCCCC[C@H](O)/C=C/[C@H]1CCC(=O)[C@@H]1CCCCCCC(=O)N1C[C@]2(C)C[C@@H]1CC(C)(C)C2. The molecule has 0 aromatic carbocycles. The lowest BCUT2D eigenvalue weighted by Gasteiger charge is -2.39. The molecule has 1 aliphatic heterocycles. The van der Waals surface area contributed by atoms with Gasteiger partial charge in [-0.2, -0.15) is 0 Å². The van der Waals surface area contributed by atoms with E-state index >= 15 is 0 Å². The lowest BCUT2D eigenvalue weighted by molar-refractivity contribution is -0.132.